The summed E-state index contributed by atoms with van der Waals surface area (Å²) in [6.07, 6.45) is 0. The molecule has 2 aromatic rings. The molecule has 0 saturated heterocycles. The Labute approximate surface area is 121 Å². The van der Waals surface area contributed by atoms with Crippen molar-refractivity contribution in [1.29, 1.82) is 0 Å². The lowest BCUT2D eigenvalue weighted by Crippen LogP contribution is -2.10. The smallest absolute Gasteiger partial charge is 0.265 e. The summed E-state index contributed by atoms with van der Waals surface area (Å²) in [5, 5.41) is 4.65. The van der Waals surface area contributed by atoms with Crippen LogP contribution >= 0.6 is 11.3 Å². The zero-order valence-corrected chi connectivity index (χ0v) is 12.2. The molecule has 106 valence electrons. The summed E-state index contributed by atoms with van der Waals surface area (Å²) in [7, 11) is 4.59. The molecule has 0 atom stereocenters. The molecule has 0 bridgehead atoms. The first-order valence-electron chi connectivity index (χ1n) is 5.84. The van der Waals surface area contributed by atoms with Crippen molar-refractivity contribution in [3.63, 3.8) is 0 Å². The van der Waals surface area contributed by atoms with Gasteiger partial charge in [-0.15, -0.1) is 11.3 Å². The van der Waals surface area contributed by atoms with Crippen molar-refractivity contribution in [2.24, 2.45) is 0 Å². The summed E-state index contributed by atoms with van der Waals surface area (Å²) in [5.74, 6) is 1.31. The highest BCUT2D eigenvalue weighted by Crippen LogP contribution is 2.40. The van der Waals surface area contributed by atoms with Crippen LogP contribution in [0.5, 0.6) is 17.2 Å². The van der Waals surface area contributed by atoms with Gasteiger partial charge in [-0.3, -0.25) is 4.79 Å². The molecule has 0 spiro atoms. The second-order valence-electron chi connectivity index (χ2n) is 3.85. The molecule has 1 aromatic heterocycles. The van der Waals surface area contributed by atoms with E-state index in [2.05, 4.69) is 5.32 Å². The molecule has 0 fully saturated rings. The van der Waals surface area contributed by atoms with Gasteiger partial charge < -0.3 is 19.5 Å². The summed E-state index contributed by atoms with van der Waals surface area (Å²) in [6, 6.07) is 6.96. The second-order valence-corrected chi connectivity index (χ2v) is 4.79. The van der Waals surface area contributed by atoms with E-state index < -0.39 is 0 Å². The van der Waals surface area contributed by atoms with Gasteiger partial charge in [-0.2, -0.15) is 0 Å². The zero-order chi connectivity index (χ0) is 14.5. The first-order valence-corrected chi connectivity index (χ1v) is 6.72. The van der Waals surface area contributed by atoms with Crippen molar-refractivity contribution in [3.8, 4) is 17.2 Å². The van der Waals surface area contributed by atoms with Crippen molar-refractivity contribution in [2.75, 3.05) is 26.6 Å². The number of methoxy groups -OCH3 is 3. The van der Waals surface area contributed by atoms with Gasteiger partial charge in [-0.1, -0.05) is 6.07 Å². The number of thiophene rings is 1. The average Bonchev–Trinajstić information content (AvgIpc) is 3.00. The van der Waals surface area contributed by atoms with E-state index in [1.807, 2.05) is 11.4 Å². The molecular formula is C14H15NO4S. The third-order valence-electron chi connectivity index (χ3n) is 2.67. The molecule has 1 aromatic carbocycles. The maximum absolute atomic E-state index is 12.0. The van der Waals surface area contributed by atoms with Gasteiger partial charge in [0, 0.05) is 17.8 Å². The molecule has 1 amide bonds. The fourth-order valence-corrected chi connectivity index (χ4v) is 2.37. The van der Waals surface area contributed by atoms with Crippen molar-refractivity contribution < 1.29 is 19.0 Å². The predicted octanol–water partition coefficient (Wildman–Crippen LogP) is 3.03. The Hall–Kier alpha value is -2.21. The molecular weight excluding hydrogens is 278 g/mol. The lowest BCUT2D eigenvalue weighted by atomic mass is 10.2. The quantitative estimate of drug-likeness (QED) is 0.920. The molecule has 6 heteroatoms. The zero-order valence-electron chi connectivity index (χ0n) is 11.4. The van der Waals surface area contributed by atoms with Crippen LogP contribution in [0.1, 0.15) is 9.67 Å². The van der Waals surface area contributed by atoms with Crippen LogP contribution in [-0.2, 0) is 0 Å². The van der Waals surface area contributed by atoms with Crippen LogP contribution in [0.15, 0.2) is 29.6 Å². The molecule has 1 heterocycles. The van der Waals surface area contributed by atoms with Gasteiger partial charge in [0.05, 0.1) is 26.2 Å². The Balaban J connectivity index is 2.30. The average molecular weight is 293 g/mol. The third kappa shape index (κ3) is 2.85. The van der Waals surface area contributed by atoms with Crippen molar-refractivity contribution in [1.82, 2.24) is 0 Å². The summed E-state index contributed by atoms with van der Waals surface area (Å²) in [4.78, 5) is 12.7. The van der Waals surface area contributed by atoms with Crippen molar-refractivity contribution >= 4 is 22.9 Å². The van der Waals surface area contributed by atoms with Crippen LogP contribution in [0.25, 0.3) is 0 Å². The highest BCUT2D eigenvalue weighted by atomic mass is 32.1. The Morgan fingerprint density at radius 3 is 2.20 bits per heavy atom. The fourth-order valence-electron chi connectivity index (χ4n) is 1.75. The van der Waals surface area contributed by atoms with Gasteiger partial charge in [0.1, 0.15) is 0 Å². The number of rotatable bonds is 5. The lowest BCUT2D eigenvalue weighted by Gasteiger charge is -2.14. The van der Waals surface area contributed by atoms with E-state index in [4.69, 9.17) is 14.2 Å². The fraction of sp³-hybridized carbons (Fsp3) is 0.214. The number of hydrogen-bond acceptors (Lipinski definition) is 5. The van der Waals surface area contributed by atoms with E-state index in [0.29, 0.717) is 27.8 Å². The molecule has 5 nitrogen and oxygen atoms in total. The Morgan fingerprint density at radius 1 is 1.10 bits per heavy atom. The number of anilines is 1. The molecule has 0 aliphatic rings. The molecule has 0 aliphatic heterocycles. The lowest BCUT2D eigenvalue weighted by molar-refractivity contribution is 0.103. The molecule has 0 aliphatic carbocycles. The highest BCUT2D eigenvalue weighted by molar-refractivity contribution is 7.12. The maximum atomic E-state index is 12.0. The van der Waals surface area contributed by atoms with Gasteiger partial charge in [0.15, 0.2) is 11.5 Å². The summed E-state index contributed by atoms with van der Waals surface area (Å²) >= 11 is 1.38. The number of nitrogens with one attached hydrogen (secondary N) is 1. The van der Waals surface area contributed by atoms with Crippen LogP contribution in [0.3, 0.4) is 0 Å². The normalized spacial score (nSPS) is 9.95. The molecule has 1 N–H and O–H groups in total. The van der Waals surface area contributed by atoms with Gasteiger partial charge in [-0.25, -0.2) is 0 Å². The number of ether oxygens (including phenoxy) is 3. The molecule has 0 unspecified atom stereocenters. The van der Waals surface area contributed by atoms with Gasteiger partial charge in [0.25, 0.3) is 5.91 Å². The first-order chi connectivity index (χ1) is 9.69. The van der Waals surface area contributed by atoms with Crippen molar-refractivity contribution in [3.05, 3.63) is 34.5 Å². The second kappa shape index (κ2) is 6.29. The van der Waals surface area contributed by atoms with E-state index in [0.717, 1.165) is 0 Å². The number of carbonyl (C=O) groups is 1. The minimum Gasteiger partial charge on any atom is -0.493 e. The molecule has 2 rings (SSSR count). The van der Waals surface area contributed by atoms with Crippen LogP contribution in [0, 0.1) is 0 Å². The molecule has 20 heavy (non-hydrogen) atoms. The van der Waals surface area contributed by atoms with E-state index in [-0.39, 0.29) is 5.91 Å². The molecule has 0 saturated carbocycles. The maximum Gasteiger partial charge on any atom is 0.265 e. The monoisotopic (exact) mass is 293 g/mol. The van der Waals surface area contributed by atoms with Crippen LogP contribution in [0.2, 0.25) is 0 Å². The SMILES string of the molecule is COc1cc(NC(=O)c2cccs2)cc(OC)c1OC. The Kier molecular flexibility index (Phi) is 4.47. The van der Waals surface area contributed by atoms with E-state index in [1.165, 1.54) is 32.7 Å². The summed E-state index contributed by atoms with van der Waals surface area (Å²) in [6.45, 7) is 0. The summed E-state index contributed by atoms with van der Waals surface area (Å²) in [5.41, 5.74) is 0.581. The third-order valence-corrected chi connectivity index (χ3v) is 3.54. The van der Waals surface area contributed by atoms with Crippen molar-refractivity contribution in [2.45, 2.75) is 0 Å². The van der Waals surface area contributed by atoms with Gasteiger partial charge in [-0.05, 0) is 11.4 Å². The predicted molar refractivity (Wildman–Crippen MR) is 78.4 cm³/mol. The Morgan fingerprint density at radius 2 is 1.75 bits per heavy atom. The number of carbonyl (C=O) groups excluding carboxylic acids is 1. The highest BCUT2D eigenvalue weighted by Gasteiger charge is 2.15. The topological polar surface area (TPSA) is 56.8 Å². The van der Waals surface area contributed by atoms with E-state index in [9.17, 15) is 4.79 Å². The van der Waals surface area contributed by atoms with E-state index >= 15 is 0 Å². The Bertz CT molecular complexity index is 570. The van der Waals surface area contributed by atoms with Crippen LogP contribution in [-0.4, -0.2) is 27.2 Å². The van der Waals surface area contributed by atoms with Gasteiger partial charge >= 0.3 is 0 Å². The molecule has 0 radical (unpaired) electrons. The van der Waals surface area contributed by atoms with Crippen LogP contribution < -0.4 is 19.5 Å². The summed E-state index contributed by atoms with van der Waals surface area (Å²) < 4.78 is 15.7. The van der Waals surface area contributed by atoms with Gasteiger partial charge in [0.2, 0.25) is 5.75 Å². The minimum absolute atomic E-state index is 0.172. The van der Waals surface area contributed by atoms with E-state index in [1.54, 1.807) is 18.2 Å². The number of hydrogen-bond donors (Lipinski definition) is 1. The van der Waals surface area contributed by atoms with Crippen LogP contribution in [0.4, 0.5) is 5.69 Å². The minimum atomic E-state index is -0.172. The standard InChI is InChI=1S/C14H15NO4S/c1-17-10-7-9(8-11(18-2)13(10)19-3)15-14(16)12-5-4-6-20-12/h4-8H,1-3H3,(H,15,16). The largest absolute Gasteiger partial charge is 0.493 e. The number of amides is 1. The number of benzene rings is 1. The first kappa shape index (κ1) is 14.2.